The fraction of sp³-hybridized carbons (Fsp3) is 0.208. The lowest BCUT2D eigenvalue weighted by Gasteiger charge is -2.30. The molecule has 1 aliphatic rings. The Balaban J connectivity index is 1.30. The number of pyridine rings is 1. The predicted octanol–water partition coefficient (Wildman–Crippen LogP) is 3.89. The van der Waals surface area contributed by atoms with Gasteiger partial charge in [-0.1, -0.05) is 18.2 Å². The van der Waals surface area contributed by atoms with Crippen LogP contribution in [0.4, 0.5) is 0 Å². The van der Waals surface area contributed by atoms with Gasteiger partial charge in [0.25, 0.3) is 0 Å². The van der Waals surface area contributed by atoms with E-state index >= 15 is 0 Å². The van der Waals surface area contributed by atoms with E-state index in [1.165, 1.54) is 0 Å². The Morgan fingerprint density at radius 2 is 1.93 bits per heavy atom. The molecule has 0 bridgehead atoms. The number of fused-ring (bicyclic) bond motifs is 2. The zero-order chi connectivity index (χ0) is 20.3. The molecule has 5 rings (SSSR count). The van der Waals surface area contributed by atoms with Crippen molar-refractivity contribution in [3.8, 4) is 11.5 Å². The van der Waals surface area contributed by atoms with E-state index in [-0.39, 0.29) is 5.92 Å². The van der Waals surface area contributed by atoms with Crippen molar-refractivity contribution in [3.05, 3.63) is 90.0 Å². The number of rotatable bonds is 5. The zero-order valence-electron chi connectivity index (χ0n) is 16.3. The molecule has 30 heavy (non-hydrogen) atoms. The van der Waals surface area contributed by atoms with Gasteiger partial charge in [0.15, 0.2) is 0 Å². The second-order valence-corrected chi connectivity index (χ2v) is 7.42. The first kappa shape index (κ1) is 18.5. The molecule has 3 heterocycles. The van der Waals surface area contributed by atoms with Gasteiger partial charge in [0, 0.05) is 23.9 Å². The summed E-state index contributed by atoms with van der Waals surface area (Å²) in [6, 6.07) is 17.2. The van der Waals surface area contributed by atoms with Crippen molar-refractivity contribution < 1.29 is 14.6 Å². The second kappa shape index (κ2) is 8.08. The average molecular weight is 399 g/mol. The fourth-order valence-corrected chi connectivity index (χ4v) is 3.74. The van der Waals surface area contributed by atoms with Crippen LogP contribution in [0.5, 0.6) is 11.5 Å². The summed E-state index contributed by atoms with van der Waals surface area (Å²) in [7, 11) is 0. The van der Waals surface area contributed by atoms with Gasteiger partial charge in [0.2, 0.25) is 0 Å². The molecule has 1 aliphatic heterocycles. The molecule has 2 aromatic carbocycles. The molecular formula is C24H21N3O3. The summed E-state index contributed by atoms with van der Waals surface area (Å²) in [5, 5.41) is 10.9. The van der Waals surface area contributed by atoms with Crippen molar-refractivity contribution in [3.63, 3.8) is 0 Å². The minimum atomic E-state index is -0.627. The summed E-state index contributed by atoms with van der Waals surface area (Å²) in [5.74, 6) is 1.32. The molecule has 0 radical (unpaired) electrons. The standard InChI is InChI=1S/C24H21N3O3/c28-24-17(10-16-4-3-9-25-12-16)14-30-23-8-7-19(11-20(23)24)29-15-18-13-26-21-5-1-2-6-22(21)27-18/h1-9,11-13,17,24,28H,10,14-15H2/t17-,24+/m0/s1. The first-order valence-corrected chi connectivity index (χ1v) is 9.93. The first-order chi connectivity index (χ1) is 14.8. The largest absolute Gasteiger partial charge is 0.493 e. The lowest BCUT2D eigenvalue weighted by atomic mass is 9.88. The van der Waals surface area contributed by atoms with Crippen molar-refractivity contribution >= 4 is 11.0 Å². The molecule has 0 saturated heterocycles. The number of ether oxygens (including phenoxy) is 2. The van der Waals surface area contributed by atoms with E-state index in [0.29, 0.717) is 31.1 Å². The van der Waals surface area contributed by atoms with Crippen LogP contribution in [0.2, 0.25) is 0 Å². The number of hydrogen-bond acceptors (Lipinski definition) is 6. The number of benzene rings is 2. The van der Waals surface area contributed by atoms with Crippen molar-refractivity contribution in [2.45, 2.75) is 19.1 Å². The van der Waals surface area contributed by atoms with Crippen LogP contribution in [0.3, 0.4) is 0 Å². The van der Waals surface area contributed by atoms with Gasteiger partial charge in [-0.2, -0.15) is 0 Å². The SMILES string of the molecule is O[C@H]1c2cc(OCc3cnc4ccccc4n3)ccc2OC[C@@H]1Cc1cccnc1. The number of nitrogens with zero attached hydrogens (tertiary/aromatic N) is 3. The lowest BCUT2D eigenvalue weighted by Crippen LogP contribution is -2.27. The smallest absolute Gasteiger partial charge is 0.132 e. The Morgan fingerprint density at radius 3 is 2.80 bits per heavy atom. The summed E-state index contributed by atoms with van der Waals surface area (Å²) in [5.41, 5.74) is 4.27. The van der Waals surface area contributed by atoms with Crippen LogP contribution in [-0.2, 0) is 13.0 Å². The summed E-state index contributed by atoms with van der Waals surface area (Å²) < 4.78 is 11.8. The molecule has 2 aromatic heterocycles. The minimum absolute atomic E-state index is 0.0386. The number of hydrogen-bond donors (Lipinski definition) is 1. The van der Waals surface area contributed by atoms with Crippen LogP contribution in [0.1, 0.15) is 22.9 Å². The first-order valence-electron chi connectivity index (χ1n) is 9.93. The van der Waals surface area contributed by atoms with Gasteiger partial charge in [-0.15, -0.1) is 0 Å². The van der Waals surface area contributed by atoms with Crippen molar-refractivity contribution in [1.29, 1.82) is 0 Å². The number of para-hydroxylation sites is 2. The Hall–Kier alpha value is -3.51. The zero-order valence-corrected chi connectivity index (χ0v) is 16.3. The predicted molar refractivity (Wildman–Crippen MR) is 112 cm³/mol. The highest BCUT2D eigenvalue weighted by atomic mass is 16.5. The van der Waals surface area contributed by atoms with Crippen LogP contribution < -0.4 is 9.47 Å². The van der Waals surface area contributed by atoms with E-state index in [4.69, 9.17) is 9.47 Å². The molecule has 6 heteroatoms. The molecule has 6 nitrogen and oxygen atoms in total. The molecule has 1 N–H and O–H groups in total. The van der Waals surface area contributed by atoms with Gasteiger partial charge >= 0.3 is 0 Å². The third-order valence-electron chi connectivity index (χ3n) is 5.31. The van der Waals surface area contributed by atoms with Gasteiger partial charge in [0.05, 0.1) is 35.6 Å². The average Bonchev–Trinajstić information content (AvgIpc) is 2.80. The minimum Gasteiger partial charge on any atom is -0.493 e. The normalized spacial score (nSPS) is 17.9. The monoisotopic (exact) mass is 399 g/mol. The highest BCUT2D eigenvalue weighted by Crippen LogP contribution is 2.39. The quantitative estimate of drug-likeness (QED) is 0.549. The Morgan fingerprint density at radius 1 is 1.03 bits per heavy atom. The van der Waals surface area contributed by atoms with Gasteiger partial charge in [0.1, 0.15) is 18.1 Å². The van der Waals surface area contributed by atoms with Crippen molar-refractivity contribution in [2.75, 3.05) is 6.61 Å². The van der Waals surface area contributed by atoms with Crippen LogP contribution in [0, 0.1) is 5.92 Å². The number of aliphatic hydroxyl groups excluding tert-OH is 1. The third-order valence-corrected chi connectivity index (χ3v) is 5.31. The molecule has 0 amide bonds. The van der Waals surface area contributed by atoms with Crippen molar-refractivity contribution in [2.24, 2.45) is 5.92 Å². The maximum Gasteiger partial charge on any atom is 0.132 e. The van der Waals surface area contributed by atoms with E-state index < -0.39 is 6.10 Å². The van der Waals surface area contributed by atoms with E-state index in [9.17, 15) is 5.11 Å². The summed E-state index contributed by atoms with van der Waals surface area (Å²) in [6.45, 7) is 0.766. The van der Waals surface area contributed by atoms with E-state index in [0.717, 1.165) is 27.9 Å². The molecule has 0 fully saturated rings. The van der Waals surface area contributed by atoms with Gasteiger partial charge in [-0.25, -0.2) is 4.98 Å². The second-order valence-electron chi connectivity index (χ2n) is 7.42. The molecule has 0 unspecified atom stereocenters. The Bertz CT molecular complexity index is 1170. The highest BCUT2D eigenvalue weighted by Gasteiger charge is 2.30. The third kappa shape index (κ3) is 3.82. The fourth-order valence-electron chi connectivity index (χ4n) is 3.74. The summed E-state index contributed by atoms with van der Waals surface area (Å²) in [4.78, 5) is 13.2. The molecule has 4 aromatic rings. The molecule has 0 saturated carbocycles. The van der Waals surface area contributed by atoms with Crippen LogP contribution in [0.15, 0.2) is 73.2 Å². The van der Waals surface area contributed by atoms with Crippen LogP contribution >= 0.6 is 0 Å². The number of aliphatic hydroxyl groups is 1. The molecule has 2 atom stereocenters. The van der Waals surface area contributed by atoms with Crippen LogP contribution in [-0.4, -0.2) is 26.7 Å². The van der Waals surface area contributed by atoms with E-state index in [2.05, 4.69) is 15.0 Å². The molecule has 0 aliphatic carbocycles. The van der Waals surface area contributed by atoms with Gasteiger partial charge in [-0.3, -0.25) is 9.97 Å². The maximum atomic E-state index is 10.9. The number of aromatic nitrogens is 3. The molecule has 150 valence electrons. The van der Waals surface area contributed by atoms with E-state index in [1.54, 1.807) is 12.4 Å². The van der Waals surface area contributed by atoms with Gasteiger partial charge in [-0.05, 0) is 48.4 Å². The lowest BCUT2D eigenvalue weighted by molar-refractivity contribution is 0.0504. The topological polar surface area (TPSA) is 77.4 Å². The summed E-state index contributed by atoms with van der Waals surface area (Å²) >= 11 is 0. The maximum absolute atomic E-state index is 10.9. The van der Waals surface area contributed by atoms with Gasteiger partial charge < -0.3 is 14.6 Å². The molecular weight excluding hydrogens is 378 g/mol. The molecule has 0 spiro atoms. The van der Waals surface area contributed by atoms with Crippen LogP contribution in [0.25, 0.3) is 11.0 Å². The Labute approximate surface area is 174 Å². The van der Waals surface area contributed by atoms with Crippen molar-refractivity contribution in [1.82, 2.24) is 15.0 Å². The Kier molecular flexibility index (Phi) is 4.99. The summed E-state index contributed by atoms with van der Waals surface area (Å²) in [6.07, 6.45) is 5.37. The van der Waals surface area contributed by atoms with E-state index in [1.807, 2.05) is 60.8 Å². The highest BCUT2D eigenvalue weighted by molar-refractivity contribution is 5.73.